The molecule has 3 rings (SSSR count). The van der Waals surface area contributed by atoms with Gasteiger partial charge in [0.25, 0.3) is 0 Å². The molecule has 0 saturated heterocycles. The SMILES string of the molecule is Clc1ccc(C(=Cc2ccccc2Br)c2ccc(Cl)cc2)cc1. The Morgan fingerprint density at radius 1 is 0.696 bits per heavy atom. The van der Waals surface area contributed by atoms with Gasteiger partial charge in [-0.1, -0.05) is 81.6 Å². The highest BCUT2D eigenvalue weighted by Gasteiger charge is 2.07. The number of halogens is 3. The first-order chi connectivity index (χ1) is 11.1. The smallest absolute Gasteiger partial charge is 0.0406 e. The van der Waals surface area contributed by atoms with Gasteiger partial charge in [-0.3, -0.25) is 0 Å². The van der Waals surface area contributed by atoms with E-state index in [1.165, 1.54) is 0 Å². The van der Waals surface area contributed by atoms with Gasteiger partial charge in [0, 0.05) is 14.5 Å². The van der Waals surface area contributed by atoms with Gasteiger partial charge in [-0.25, -0.2) is 0 Å². The summed E-state index contributed by atoms with van der Waals surface area (Å²) in [6, 6.07) is 23.9. The maximum absolute atomic E-state index is 6.02. The molecule has 0 amide bonds. The molecule has 0 unspecified atom stereocenters. The Balaban J connectivity index is 2.15. The molecule has 0 spiro atoms. The van der Waals surface area contributed by atoms with Crippen LogP contribution in [0.4, 0.5) is 0 Å². The van der Waals surface area contributed by atoms with E-state index in [1.807, 2.05) is 66.7 Å². The monoisotopic (exact) mass is 402 g/mol. The molecule has 0 N–H and O–H groups in total. The molecule has 0 fully saturated rings. The maximum atomic E-state index is 6.02. The summed E-state index contributed by atoms with van der Waals surface area (Å²) in [5.74, 6) is 0. The fourth-order valence-corrected chi connectivity index (χ4v) is 2.99. The first-order valence-electron chi connectivity index (χ1n) is 7.11. The van der Waals surface area contributed by atoms with Crippen molar-refractivity contribution in [2.24, 2.45) is 0 Å². The van der Waals surface area contributed by atoms with Crippen molar-refractivity contribution in [1.82, 2.24) is 0 Å². The Morgan fingerprint density at radius 2 is 1.17 bits per heavy atom. The molecule has 0 nitrogen and oxygen atoms in total. The minimum absolute atomic E-state index is 0.727. The van der Waals surface area contributed by atoms with Crippen LogP contribution in [0.1, 0.15) is 16.7 Å². The second kappa shape index (κ2) is 7.35. The van der Waals surface area contributed by atoms with Gasteiger partial charge in [0.15, 0.2) is 0 Å². The molecular formula is C20H13BrCl2. The summed E-state index contributed by atoms with van der Waals surface area (Å²) in [5.41, 5.74) is 4.44. The number of rotatable bonds is 3. The van der Waals surface area contributed by atoms with Crippen molar-refractivity contribution in [2.75, 3.05) is 0 Å². The fourth-order valence-electron chi connectivity index (χ4n) is 2.34. The van der Waals surface area contributed by atoms with Crippen LogP contribution in [0.15, 0.2) is 77.3 Å². The molecule has 3 aromatic rings. The number of hydrogen-bond donors (Lipinski definition) is 0. The lowest BCUT2D eigenvalue weighted by atomic mass is 9.96. The molecule has 0 radical (unpaired) electrons. The first-order valence-corrected chi connectivity index (χ1v) is 8.66. The predicted molar refractivity (Wildman–Crippen MR) is 104 cm³/mol. The van der Waals surface area contributed by atoms with Crippen molar-refractivity contribution < 1.29 is 0 Å². The summed E-state index contributed by atoms with van der Waals surface area (Å²) >= 11 is 15.7. The van der Waals surface area contributed by atoms with E-state index in [4.69, 9.17) is 23.2 Å². The Labute approximate surface area is 154 Å². The lowest BCUT2D eigenvalue weighted by Gasteiger charge is -2.10. The normalized spacial score (nSPS) is 10.4. The largest absolute Gasteiger partial charge is 0.0843 e. The lowest BCUT2D eigenvalue weighted by molar-refractivity contribution is 1.54. The Hall–Kier alpha value is -1.54. The Bertz CT molecular complexity index is 787. The summed E-state index contributed by atoms with van der Waals surface area (Å²) in [7, 11) is 0. The lowest BCUT2D eigenvalue weighted by Crippen LogP contribution is -1.89. The minimum atomic E-state index is 0.727. The molecule has 0 aliphatic carbocycles. The van der Waals surface area contributed by atoms with Crippen LogP contribution < -0.4 is 0 Å². The van der Waals surface area contributed by atoms with E-state index in [2.05, 4.69) is 28.1 Å². The molecule has 0 saturated carbocycles. The summed E-state index contributed by atoms with van der Waals surface area (Å²) in [6.45, 7) is 0. The summed E-state index contributed by atoms with van der Waals surface area (Å²) < 4.78 is 1.06. The molecule has 3 aromatic carbocycles. The fraction of sp³-hybridized carbons (Fsp3) is 0. The van der Waals surface area contributed by atoms with Gasteiger partial charge >= 0.3 is 0 Å². The zero-order valence-electron chi connectivity index (χ0n) is 12.1. The van der Waals surface area contributed by atoms with Crippen molar-refractivity contribution in [1.29, 1.82) is 0 Å². The zero-order chi connectivity index (χ0) is 16.2. The van der Waals surface area contributed by atoms with Gasteiger partial charge in [0.2, 0.25) is 0 Å². The zero-order valence-corrected chi connectivity index (χ0v) is 15.2. The molecule has 0 aromatic heterocycles. The van der Waals surface area contributed by atoms with Crippen molar-refractivity contribution in [3.63, 3.8) is 0 Å². The Morgan fingerprint density at radius 3 is 1.65 bits per heavy atom. The van der Waals surface area contributed by atoms with Crippen LogP contribution in [-0.2, 0) is 0 Å². The van der Waals surface area contributed by atoms with Gasteiger partial charge in [-0.05, 0) is 58.7 Å². The molecule has 0 bridgehead atoms. The van der Waals surface area contributed by atoms with Crippen LogP contribution in [0, 0.1) is 0 Å². The third kappa shape index (κ3) is 4.06. The second-order valence-electron chi connectivity index (χ2n) is 5.09. The van der Waals surface area contributed by atoms with E-state index in [1.54, 1.807) is 0 Å². The molecule has 23 heavy (non-hydrogen) atoms. The second-order valence-corrected chi connectivity index (χ2v) is 6.82. The van der Waals surface area contributed by atoms with Crippen molar-refractivity contribution >= 4 is 50.8 Å². The van der Waals surface area contributed by atoms with Crippen molar-refractivity contribution in [3.05, 3.63) is 104 Å². The minimum Gasteiger partial charge on any atom is -0.0843 e. The van der Waals surface area contributed by atoms with Gasteiger partial charge in [-0.15, -0.1) is 0 Å². The molecule has 0 atom stereocenters. The van der Waals surface area contributed by atoms with E-state index in [-0.39, 0.29) is 0 Å². The van der Waals surface area contributed by atoms with Gasteiger partial charge < -0.3 is 0 Å². The van der Waals surface area contributed by atoms with Gasteiger partial charge in [0.05, 0.1) is 0 Å². The van der Waals surface area contributed by atoms with E-state index in [9.17, 15) is 0 Å². The topological polar surface area (TPSA) is 0 Å². The predicted octanol–water partition coefficient (Wildman–Crippen LogP) is 7.34. The molecular weight excluding hydrogens is 391 g/mol. The van der Waals surface area contributed by atoms with E-state index < -0.39 is 0 Å². The van der Waals surface area contributed by atoms with E-state index >= 15 is 0 Å². The van der Waals surface area contributed by atoms with Crippen LogP contribution in [0.25, 0.3) is 11.6 Å². The van der Waals surface area contributed by atoms with Crippen molar-refractivity contribution in [2.45, 2.75) is 0 Å². The summed E-state index contributed by atoms with van der Waals surface area (Å²) in [6.07, 6.45) is 2.16. The standard InChI is InChI=1S/C20H13BrCl2/c21-20-4-2-1-3-16(20)13-19(14-5-9-17(22)10-6-14)15-7-11-18(23)12-8-15/h1-13H. The third-order valence-corrected chi connectivity index (χ3v) is 4.74. The molecule has 114 valence electrons. The average molecular weight is 404 g/mol. The average Bonchev–Trinajstić information content (AvgIpc) is 2.56. The maximum Gasteiger partial charge on any atom is 0.0406 e. The van der Waals surface area contributed by atoms with E-state index in [0.717, 1.165) is 36.8 Å². The van der Waals surface area contributed by atoms with Crippen molar-refractivity contribution in [3.8, 4) is 0 Å². The molecule has 0 aliphatic rings. The van der Waals surface area contributed by atoms with Crippen LogP contribution >= 0.6 is 39.1 Å². The number of benzene rings is 3. The number of hydrogen-bond acceptors (Lipinski definition) is 0. The van der Waals surface area contributed by atoms with Gasteiger partial charge in [-0.2, -0.15) is 0 Å². The van der Waals surface area contributed by atoms with Crippen LogP contribution in [-0.4, -0.2) is 0 Å². The molecule has 0 heterocycles. The van der Waals surface area contributed by atoms with E-state index in [0.29, 0.717) is 0 Å². The highest BCUT2D eigenvalue weighted by molar-refractivity contribution is 9.10. The summed E-state index contributed by atoms with van der Waals surface area (Å²) in [4.78, 5) is 0. The molecule has 0 aliphatic heterocycles. The third-order valence-electron chi connectivity index (χ3n) is 3.52. The van der Waals surface area contributed by atoms with Crippen LogP contribution in [0.3, 0.4) is 0 Å². The van der Waals surface area contributed by atoms with Crippen LogP contribution in [0.2, 0.25) is 10.0 Å². The highest BCUT2D eigenvalue weighted by atomic mass is 79.9. The quantitative estimate of drug-likeness (QED) is 0.401. The highest BCUT2D eigenvalue weighted by Crippen LogP contribution is 2.30. The Kier molecular flexibility index (Phi) is 5.22. The molecule has 3 heteroatoms. The summed E-state index contributed by atoms with van der Waals surface area (Å²) in [5, 5.41) is 1.45. The first kappa shape index (κ1) is 16.3. The van der Waals surface area contributed by atoms with Gasteiger partial charge in [0.1, 0.15) is 0 Å². The van der Waals surface area contributed by atoms with Crippen LogP contribution in [0.5, 0.6) is 0 Å².